The van der Waals surface area contributed by atoms with Crippen LogP contribution in [-0.4, -0.2) is 43.2 Å². The van der Waals surface area contributed by atoms with E-state index in [2.05, 4.69) is 16.0 Å². The summed E-state index contributed by atoms with van der Waals surface area (Å²) in [7, 11) is 0. The van der Waals surface area contributed by atoms with Crippen LogP contribution in [0.25, 0.3) is 0 Å². The minimum atomic E-state index is -0.360. The van der Waals surface area contributed by atoms with Crippen LogP contribution in [0.2, 0.25) is 0 Å². The number of nitrogens with one attached hydrogen (secondary N) is 3. The molecule has 0 aliphatic carbocycles. The SMILES string of the molecule is CC(C)(C)NC(=O)c1cccc(NC(=O)C2COCCN2)c1. The highest BCUT2D eigenvalue weighted by Crippen LogP contribution is 2.13. The number of benzene rings is 1. The number of hydrogen-bond acceptors (Lipinski definition) is 4. The van der Waals surface area contributed by atoms with Crippen molar-refractivity contribution >= 4 is 17.5 Å². The van der Waals surface area contributed by atoms with Crippen molar-refractivity contribution in [3.05, 3.63) is 29.8 Å². The first-order valence-corrected chi connectivity index (χ1v) is 7.40. The molecule has 3 N–H and O–H groups in total. The fraction of sp³-hybridized carbons (Fsp3) is 0.500. The molecule has 1 fully saturated rings. The molecule has 120 valence electrons. The average molecular weight is 305 g/mol. The van der Waals surface area contributed by atoms with E-state index in [4.69, 9.17) is 4.74 Å². The van der Waals surface area contributed by atoms with Crippen molar-refractivity contribution in [1.82, 2.24) is 10.6 Å². The van der Waals surface area contributed by atoms with Crippen LogP contribution < -0.4 is 16.0 Å². The molecule has 0 bridgehead atoms. The van der Waals surface area contributed by atoms with Gasteiger partial charge in [0.05, 0.1) is 13.2 Å². The van der Waals surface area contributed by atoms with Crippen LogP contribution in [0.1, 0.15) is 31.1 Å². The molecule has 0 radical (unpaired) electrons. The third kappa shape index (κ3) is 4.82. The molecule has 1 aromatic carbocycles. The van der Waals surface area contributed by atoms with Crippen LogP contribution in [0, 0.1) is 0 Å². The second-order valence-corrected chi connectivity index (χ2v) is 6.36. The van der Waals surface area contributed by atoms with E-state index in [1.54, 1.807) is 24.3 Å². The molecule has 2 amide bonds. The normalized spacial score (nSPS) is 18.6. The highest BCUT2D eigenvalue weighted by atomic mass is 16.5. The van der Waals surface area contributed by atoms with Crippen molar-refractivity contribution in [2.24, 2.45) is 0 Å². The predicted molar refractivity (Wildman–Crippen MR) is 84.9 cm³/mol. The van der Waals surface area contributed by atoms with Crippen LogP contribution in [0.15, 0.2) is 24.3 Å². The number of carbonyl (C=O) groups is 2. The Balaban J connectivity index is 2.01. The first-order valence-electron chi connectivity index (χ1n) is 7.40. The van der Waals surface area contributed by atoms with Gasteiger partial charge in [0, 0.05) is 23.3 Å². The number of amides is 2. The van der Waals surface area contributed by atoms with Gasteiger partial charge in [-0.3, -0.25) is 9.59 Å². The smallest absolute Gasteiger partial charge is 0.251 e. The predicted octanol–water partition coefficient (Wildman–Crippen LogP) is 1.14. The van der Waals surface area contributed by atoms with Crippen LogP contribution in [0.4, 0.5) is 5.69 Å². The molecular weight excluding hydrogens is 282 g/mol. The van der Waals surface area contributed by atoms with E-state index in [0.717, 1.165) is 0 Å². The van der Waals surface area contributed by atoms with E-state index >= 15 is 0 Å². The average Bonchev–Trinajstić information content (AvgIpc) is 2.46. The Hall–Kier alpha value is -1.92. The minimum absolute atomic E-state index is 0.159. The van der Waals surface area contributed by atoms with Crippen LogP contribution in [-0.2, 0) is 9.53 Å². The summed E-state index contributed by atoms with van der Waals surface area (Å²) >= 11 is 0. The van der Waals surface area contributed by atoms with Crippen LogP contribution >= 0.6 is 0 Å². The molecular formula is C16H23N3O3. The van der Waals surface area contributed by atoms with E-state index in [1.165, 1.54) is 0 Å². The van der Waals surface area contributed by atoms with E-state index in [9.17, 15) is 9.59 Å². The van der Waals surface area contributed by atoms with Gasteiger partial charge in [0.2, 0.25) is 5.91 Å². The summed E-state index contributed by atoms with van der Waals surface area (Å²) in [5.74, 6) is -0.323. The van der Waals surface area contributed by atoms with Crippen molar-refractivity contribution in [3.63, 3.8) is 0 Å². The Kier molecular flexibility index (Phi) is 5.15. The zero-order valence-electron chi connectivity index (χ0n) is 13.2. The Morgan fingerprint density at radius 2 is 2.09 bits per heavy atom. The Morgan fingerprint density at radius 1 is 1.32 bits per heavy atom. The number of carbonyl (C=O) groups excluding carboxylic acids is 2. The molecule has 1 unspecified atom stereocenters. The molecule has 1 heterocycles. The molecule has 1 aliphatic heterocycles. The van der Waals surface area contributed by atoms with Gasteiger partial charge in [-0.15, -0.1) is 0 Å². The topological polar surface area (TPSA) is 79.5 Å². The third-order valence-corrected chi connectivity index (χ3v) is 3.12. The van der Waals surface area contributed by atoms with E-state index < -0.39 is 0 Å². The van der Waals surface area contributed by atoms with Gasteiger partial charge in [-0.05, 0) is 39.0 Å². The molecule has 1 saturated heterocycles. The Morgan fingerprint density at radius 3 is 2.73 bits per heavy atom. The summed E-state index contributed by atoms with van der Waals surface area (Å²) in [4.78, 5) is 24.3. The number of hydrogen-bond donors (Lipinski definition) is 3. The molecule has 0 saturated carbocycles. The summed E-state index contributed by atoms with van der Waals surface area (Å²) < 4.78 is 5.27. The summed E-state index contributed by atoms with van der Waals surface area (Å²) in [6.45, 7) is 7.40. The van der Waals surface area contributed by atoms with Crippen LogP contribution in [0.5, 0.6) is 0 Å². The van der Waals surface area contributed by atoms with E-state index in [0.29, 0.717) is 31.0 Å². The number of rotatable bonds is 3. The fourth-order valence-corrected chi connectivity index (χ4v) is 2.11. The van der Waals surface area contributed by atoms with Gasteiger partial charge < -0.3 is 20.7 Å². The first-order chi connectivity index (χ1) is 10.3. The van der Waals surface area contributed by atoms with Gasteiger partial charge in [0.1, 0.15) is 6.04 Å². The van der Waals surface area contributed by atoms with Crippen molar-refractivity contribution < 1.29 is 14.3 Å². The van der Waals surface area contributed by atoms with Gasteiger partial charge in [0.15, 0.2) is 0 Å². The van der Waals surface area contributed by atoms with Crippen molar-refractivity contribution in [3.8, 4) is 0 Å². The van der Waals surface area contributed by atoms with E-state index in [1.807, 2.05) is 20.8 Å². The molecule has 0 spiro atoms. The number of ether oxygens (including phenoxy) is 1. The maximum atomic E-state index is 12.1. The quantitative estimate of drug-likeness (QED) is 0.782. The summed E-state index contributed by atoms with van der Waals surface area (Å²) in [5.41, 5.74) is 0.805. The summed E-state index contributed by atoms with van der Waals surface area (Å²) in [6.07, 6.45) is 0. The monoisotopic (exact) mass is 305 g/mol. The lowest BCUT2D eigenvalue weighted by atomic mass is 10.1. The first kappa shape index (κ1) is 16.5. The van der Waals surface area contributed by atoms with Crippen molar-refractivity contribution in [1.29, 1.82) is 0 Å². The molecule has 6 nitrogen and oxygen atoms in total. The maximum Gasteiger partial charge on any atom is 0.251 e. The lowest BCUT2D eigenvalue weighted by Gasteiger charge is -2.23. The highest BCUT2D eigenvalue weighted by molar-refractivity contribution is 5.98. The molecule has 1 atom stereocenters. The minimum Gasteiger partial charge on any atom is -0.378 e. The van der Waals surface area contributed by atoms with E-state index in [-0.39, 0.29) is 23.4 Å². The van der Waals surface area contributed by atoms with Gasteiger partial charge in [-0.1, -0.05) is 6.07 Å². The molecule has 1 aromatic rings. The Bertz CT molecular complexity index is 546. The molecule has 2 rings (SSSR count). The van der Waals surface area contributed by atoms with Crippen molar-refractivity contribution in [2.45, 2.75) is 32.4 Å². The van der Waals surface area contributed by atoms with Crippen LogP contribution in [0.3, 0.4) is 0 Å². The maximum absolute atomic E-state index is 12.1. The number of anilines is 1. The molecule has 0 aromatic heterocycles. The summed E-state index contributed by atoms with van der Waals surface area (Å²) in [5, 5.41) is 8.79. The largest absolute Gasteiger partial charge is 0.378 e. The molecule has 6 heteroatoms. The third-order valence-electron chi connectivity index (χ3n) is 3.12. The zero-order chi connectivity index (χ0) is 16.2. The second-order valence-electron chi connectivity index (χ2n) is 6.36. The van der Waals surface area contributed by atoms with Gasteiger partial charge >= 0.3 is 0 Å². The second kappa shape index (κ2) is 6.89. The van der Waals surface area contributed by atoms with Crippen molar-refractivity contribution in [2.75, 3.05) is 25.1 Å². The Labute approximate surface area is 130 Å². The highest BCUT2D eigenvalue weighted by Gasteiger charge is 2.21. The zero-order valence-corrected chi connectivity index (χ0v) is 13.2. The molecule has 22 heavy (non-hydrogen) atoms. The standard InChI is InChI=1S/C16H23N3O3/c1-16(2,3)19-14(20)11-5-4-6-12(9-11)18-15(21)13-10-22-8-7-17-13/h4-6,9,13,17H,7-8,10H2,1-3H3,(H,18,21)(H,19,20). The lowest BCUT2D eigenvalue weighted by molar-refractivity contribution is -0.120. The number of morpholine rings is 1. The lowest BCUT2D eigenvalue weighted by Crippen LogP contribution is -2.48. The fourth-order valence-electron chi connectivity index (χ4n) is 2.11. The van der Waals surface area contributed by atoms with Gasteiger partial charge in [-0.2, -0.15) is 0 Å². The summed E-state index contributed by atoms with van der Waals surface area (Å²) in [6, 6.07) is 6.54. The molecule has 1 aliphatic rings. The van der Waals surface area contributed by atoms with Gasteiger partial charge in [0.25, 0.3) is 5.91 Å². The van der Waals surface area contributed by atoms with Gasteiger partial charge in [-0.25, -0.2) is 0 Å².